The second-order valence-electron chi connectivity index (χ2n) is 5.55. The summed E-state index contributed by atoms with van der Waals surface area (Å²) >= 11 is 0. The second-order valence-corrected chi connectivity index (χ2v) is 7.26. The quantitative estimate of drug-likeness (QED) is 0.844. The molecule has 0 atom stereocenters. The average Bonchev–Trinajstić information content (AvgIpc) is 2.97. The van der Waals surface area contributed by atoms with Crippen molar-refractivity contribution in [3.63, 3.8) is 0 Å². The fraction of sp³-hybridized carbons (Fsp3) is 0.714. The Kier molecular flexibility index (Phi) is 4.88. The van der Waals surface area contributed by atoms with Crippen LogP contribution in [0.15, 0.2) is 9.31 Å². The van der Waals surface area contributed by atoms with Crippen molar-refractivity contribution in [3.8, 4) is 0 Å². The van der Waals surface area contributed by atoms with Crippen LogP contribution in [0.1, 0.15) is 42.8 Å². The largest absolute Gasteiger partial charge is 0.465 e. The lowest BCUT2D eigenvalue weighted by Gasteiger charge is -2.12. The van der Waals surface area contributed by atoms with Gasteiger partial charge in [0.1, 0.15) is 16.4 Å². The Morgan fingerprint density at radius 2 is 1.85 bits per heavy atom. The zero-order valence-electron chi connectivity index (χ0n) is 12.5. The van der Waals surface area contributed by atoms with Crippen molar-refractivity contribution >= 4 is 10.0 Å². The van der Waals surface area contributed by atoms with Gasteiger partial charge in [-0.05, 0) is 39.7 Å². The van der Waals surface area contributed by atoms with Gasteiger partial charge in [-0.25, -0.2) is 13.1 Å². The number of aryl methyl sites for hydroxylation is 2. The average molecular weight is 300 g/mol. The monoisotopic (exact) mass is 300 g/mol. The maximum Gasteiger partial charge on any atom is 0.244 e. The number of hydrogen-bond acceptors (Lipinski definition) is 4. The Morgan fingerprint density at radius 3 is 2.45 bits per heavy atom. The van der Waals surface area contributed by atoms with E-state index in [4.69, 9.17) is 4.42 Å². The number of rotatable bonds is 6. The maximum absolute atomic E-state index is 12.5. The Bertz CT molecular complexity index is 557. The van der Waals surface area contributed by atoms with E-state index >= 15 is 0 Å². The van der Waals surface area contributed by atoms with Crippen LogP contribution in [0, 0.1) is 19.8 Å². The molecule has 0 bridgehead atoms. The highest BCUT2D eigenvalue weighted by Gasteiger charge is 2.27. The van der Waals surface area contributed by atoms with Crippen molar-refractivity contribution in [3.05, 3.63) is 17.1 Å². The first-order valence-corrected chi connectivity index (χ1v) is 8.67. The molecule has 1 aliphatic rings. The molecule has 0 aromatic carbocycles. The number of nitrogens with one attached hydrogen (secondary N) is 2. The van der Waals surface area contributed by atoms with Gasteiger partial charge in [-0.15, -0.1) is 0 Å². The number of furan rings is 1. The lowest BCUT2D eigenvalue weighted by atomic mass is 10.1. The first-order chi connectivity index (χ1) is 9.45. The van der Waals surface area contributed by atoms with Crippen LogP contribution in [0.2, 0.25) is 0 Å². The van der Waals surface area contributed by atoms with Crippen LogP contribution < -0.4 is 10.0 Å². The van der Waals surface area contributed by atoms with Gasteiger partial charge in [-0.3, -0.25) is 0 Å². The van der Waals surface area contributed by atoms with E-state index in [2.05, 4.69) is 10.0 Å². The molecule has 0 unspecified atom stereocenters. The minimum Gasteiger partial charge on any atom is -0.465 e. The lowest BCUT2D eigenvalue weighted by Crippen LogP contribution is -2.29. The summed E-state index contributed by atoms with van der Waals surface area (Å²) in [6, 6.07) is 0. The predicted octanol–water partition coefficient (Wildman–Crippen LogP) is 2.08. The molecule has 1 heterocycles. The first kappa shape index (κ1) is 15.5. The van der Waals surface area contributed by atoms with Gasteiger partial charge >= 0.3 is 0 Å². The molecule has 20 heavy (non-hydrogen) atoms. The van der Waals surface area contributed by atoms with Gasteiger partial charge in [0.25, 0.3) is 0 Å². The smallest absolute Gasteiger partial charge is 0.244 e. The van der Waals surface area contributed by atoms with Crippen LogP contribution in [0.25, 0.3) is 0 Å². The van der Waals surface area contributed by atoms with Crippen LogP contribution in [0.5, 0.6) is 0 Å². The molecule has 6 heteroatoms. The van der Waals surface area contributed by atoms with Crippen molar-refractivity contribution in [2.24, 2.45) is 5.92 Å². The standard InChI is InChI=1S/C14H24N2O3S/c1-10-13(9-15-3)14(11(2)19-10)20(17,18)16-8-12-6-4-5-7-12/h12,15-16H,4-9H2,1-3H3. The number of sulfonamides is 1. The highest BCUT2D eigenvalue weighted by molar-refractivity contribution is 7.89. The minimum absolute atomic E-state index is 0.308. The Hall–Kier alpha value is -0.850. The molecular weight excluding hydrogens is 276 g/mol. The molecule has 0 radical (unpaired) electrons. The molecule has 0 saturated heterocycles. The fourth-order valence-electron chi connectivity index (χ4n) is 2.96. The van der Waals surface area contributed by atoms with Crippen molar-refractivity contribution in [1.29, 1.82) is 0 Å². The molecule has 1 fully saturated rings. The summed E-state index contributed by atoms with van der Waals surface area (Å²) in [7, 11) is -1.70. The fourth-order valence-corrected chi connectivity index (χ4v) is 4.52. The van der Waals surface area contributed by atoms with Gasteiger partial charge in [-0.1, -0.05) is 12.8 Å². The van der Waals surface area contributed by atoms with Crippen LogP contribution in [0.4, 0.5) is 0 Å². The number of hydrogen-bond donors (Lipinski definition) is 2. The zero-order valence-corrected chi connectivity index (χ0v) is 13.3. The summed E-state index contributed by atoms with van der Waals surface area (Å²) in [5.74, 6) is 1.61. The molecule has 1 aromatic heterocycles. The van der Waals surface area contributed by atoms with Crippen molar-refractivity contribution in [2.75, 3.05) is 13.6 Å². The van der Waals surface area contributed by atoms with E-state index in [0.29, 0.717) is 35.4 Å². The molecule has 1 saturated carbocycles. The molecular formula is C14H24N2O3S. The van der Waals surface area contributed by atoms with Crippen molar-refractivity contribution in [1.82, 2.24) is 10.0 Å². The molecule has 114 valence electrons. The van der Waals surface area contributed by atoms with E-state index in [-0.39, 0.29) is 0 Å². The van der Waals surface area contributed by atoms with E-state index in [1.165, 1.54) is 12.8 Å². The summed E-state index contributed by atoms with van der Waals surface area (Å²) in [5, 5.41) is 3.00. The van der Waals surface area contributed by atoms with E-state index in [0.717, 1.165) is 18.4 Å². The van der Waals surface area contributed by atoms with Crippen LogP contribution in [-0.4, -0.2) is 22.0 Å². The molecule has 2 rings (SSSR count). The molecule has 0 spiro atoms. The van der Waals surface area contributed by atoms with E-state index in [1.807, 2.05) is 0 Å². The molecule has 0 amide bonds. The SMILES string of the molecule is CNCc1c(C)oc(C)c1S(=O)(=O)NCC1CCCC1. The molecule has 0 aliphatic heterocycles. The third-order valence-corrected chi connectivity index (χ3v) is 5.60. The third-order valence-electron chi connectivity index (χ3n) is 3.98. The predicted molar refractivity (Wildman–Crippen MR) is 78.1 cm³/mol. The summed E-state index contributed by atoms with van der Waals surface area (Å²) < 4.78 is 33.3. The first-order valence-electron chi connectivity index (χ1n) is 7.19. The van der Waals surface area contributed by atoms with E-state index in [9.17, 15) is 8.42 Å². The maximum atomic E-state index is 12.5. The highest BCUT2D eigenvalue weighted by atomic mass is 32.2. The summed E-state index contributed by atoms with van der Waals surface area (Å²) in [4.78, 5) is 0.308. The third kappa shape index (κ3) is 3.24. The van der Waals surface area contributed by atoms with Gasteiger partial charge in [-0.2, -0.15) is 0 Å². The zero-order chi connectivity index (χ0) is 14.8. The van der Waals surface area contributed by atoms with Gasteiger partial charge in [0.15, 0.2) is 0 Å². The Balaban J connectivity index is 2.19. The Labute approximate surface area is 121 Å². The lowest BCUT2D eigenvalue weighted by molar-refractivity contribution is 0.491. The van der Waals surface area contributed by atoms with Crippen molar-refractivity contribution < 1.29 is 12.8 Å². The highest BCUT2D eigenvalue weighted by Crippen LogP contribution is 2.28. The summed E-state index contributed by atoms with van der Waals surface area (Å²) in [6.45, 7) is 4.53. The van der Waals surface area contributed by atoms with E-state index in [1.54, 1.807) is 20.9 Å². The van der Waals surface area contributed by atoms with E-state index < -0.39 is 10.0 Å². The van der Waals surface area contributed by atoms with Gasteiger partial charge in [0.2, 0.25) is 10.0 Å². The summed E-state index contributed by atoms with van der Waals surface area (Å²) in [5.41, 5.74) is 0.726. The summed E-state index contributed by atoms with van der Waals surface area (Å²) in [6.07, 6.45) is 4.66. The van der Waals surface area contributed by atoms with Gasteiger partial charge in [0.05, 0.1) is 0 Å². The van der Waals surface area contributed by atoms with Crippen LogP contribution >= 0.6 is 0 Å². The molecule has 2 N–H and O–H groups in total. The Morgan fingerprint density at radius 1 is 1.20 bits per heavy atom. The molecule has 5 nitrogen and oxygen atoms in total. The second kappa shape index (κ2) is 6.28. The molecule has 1 aromatic rings. The molecule has 1 aliphatic carbocycles. The van der Waals surface area contributed by atoms with Gasteiger partial charge < -0.3 is 9.73 Å². The van der Waals surface area contributed by atoms with Crippen LogP contribution in [-0.2, 0) is 16.6 Å². The van der Waals surface area contributed by atoms with Gasteiger partial charge in [0, 0.05) is 18.7 Å². The normalized spacial score (nSPS) is 16.9. The van der Waals surface area contributed by atoms with Crippen molar-refractivity contribution in [2.45, 2.75) is 51.0 Å². The topological polar surface area (TPSA) is 71.3 Å². The van der Waals surface area contributed by atoms with Crippen LogP contribution in [0.3, 0.4) is 0 Å². The minimum atomic E-state index is -3.49.